The van der Waals surface area contributed by atoms with Crippen LogP contribution in [0, 0.1) is 0 Å². The standard InChI is InChI=1S/C20H22N2O5S/c1-3-26-19(24)13-8-5-9-14-15(13)16(20(25)27-4-2)18(28-14)22-17(23)12-7-6-10-21-11-12/h6-7,10-11,13H,3-5,8-9H2,1-2H3,(H,22,23). The smallest absolute Gasteiger partial charge is 0.341 e. The minimum Gasteiger partial charge on any atom is -0.466 e. The van der Waals surface area contributed by atoms with Crippen molar-refractivity contribution >= 4 is 34.2 Å². The lowest BCUT2D eigenvalue weighted by Crippen LogP contribution is -2.23. The van der Waals surface area contributed by atoms with Crippen molar-refractivity contribution in [3.8, 4) is 0 Å². The highest BCUT2D eigenvalue weighted by Gasteiger charge is 2.36. The number of rotatable bonds is 6. The quantitative estimate of drug-likeness (QED) is 0.743. The molecule has 2 aromatic rings. The van der Waals surface area contributed by atoms with Crippen molar-refractivity contribution in [2.24, 2.45) is 0 Å². The largest absolute Gasteiger partial charge is 0.466 e. The molecule has 0 spiro atoms. The number of esters is 2. The van der Waals surface area contributed by atoms with Gasteiger partial charge in [-0.3, -0.25) is 14.6 Å². The van der Waals surface area contributed by atoms with Gasteiger partial charge in [-0.25, -0.2) is 4.79 Å². The number of nitrogens with zero attached hydrogens (tertiary/aromatic N) is 1. The number of aromatic nitrogens is 1. The van der Waals surface area contributed by atoms with Crippen molar-refractivity contribution in [1.82, 2.24) is 4.98 Å². The second kappa shape index (κ2) is 8.97. The summed E-state index contributed by atoms with van der Waals surface area (Å²) in [6, 6.07) is 3.30. The molecular weight excluding hydrogens is 380 g/mol. The molecule has 2 heterocycles. The van der Waals surface area contributed by atoms with E-state index in [1.807, 2.05) is 0 Å². The molecule has 1 unspecified atom stereocenters. The normalized spacial score (nSPS) is 15.4. The van der Waals surface area contributed by atoms with Crippen LogP contribution < -0.4 is 5.32 Å². The highest BCUT2D eigenvalue weighted by atomic mass is 32.1. The Kier molecular flexibility index (Phi) is 6.41. The van der Waals surface area contributed by atoms with Gasteiger partial charge in [0.05, 0.1) is 30.3 Å². The summed E-state index contributed by atoms with van der Waals surface area (Å²) in [5.41, 5.74) is 1.28. The van der Waals surface area contributed by atoms with Gasteiger partial charge in [-0.15, -0.1) is 11.3 Å². The lowest BCUT2D eigenvalue weighted by atomic mass is 9.85. The Bertz CT molecular complexity index is 878. The maximum absolute atomic E-state index is 12.7. The first-order chi connectivity index (χ1) is 13.6. The second-order valence-electron chi connectivity index (χ2n) is 6.26. The van der Waals surface area contributed by atoms with Gasteiger partial charge in [-0.05, 0) is 50.8 Å². The molecule has 7 nitrogen and oxygen atoms in total. The Morgan fingerprint density at radius 2 is 2.04 bits per heavy atom. The van der Waals surface area contributed by atoms with E-state index in [0.29, 0.717) is 22.5 Å². The van der Waals surface area contributed by atoms with Crippen molar-refractivity contribution in [1.29, 1.82) is 0 Å². The van der Waals surface area contributed by atoms with Crippen molar-refractivity contribution in [3.05, 3.63) is 46.1 Å². The minimum absolute atomic E-state index is 0.198. The molecule has 8 heteroatoms. The maximum atomic E-state index is 12.7. The lowest BCUT2D eigenvalue weighted by molar-refractivity contribution is -0.145. The number of thiophene rings is 1. The fourth-order valence-electron chi connectivity index (χ4n) is 3.30. The van der Waals surface area contributed by atoms with E-state index in [1.54, 1.807) is 32.2 Å². The first-order valence-electron chi connectivity index (χ1n) is 9.27. The number of ether oxygens (including phenoxy) is 2. The number of aryl methyl sites for hydroxylation is 1. The number of anilines is 1. The van der Waals surface area contributed by atoms with Gasteiger partial charge < -0.3 is 14.8 Å². The van der Waals surface area contributed by atoms with Gasteiger partial charge in [0.25, 0.3) is 5.91 Å². The number of fused-ring (bicyclic) bond motifs is 1. The first kappa shape index (κ1) is 20.0. The monoisotopic (exact) mass is 402 g/mol. The number of pyridine rings is 1. The molecule has 1 aliphatic rings. The summed E-state index contributed by atoms with van der Waals surface area (Å²) in [5.74, 6) is -1.79. The van der Waals surface area contributed by atoms with E-state index < -0.39 is 11.9 Å². The molecule has 1 aliphatic carbocycles. The molecule has 0 saturated heterocycles. The molecule has 28 heavy (non-hydrogen) atoms. The van der Waals surface area contributed by atoms with Crippen LogP contribution in [0.25, 0.3) is 0 Å². The van der Waals surface area contributed by atoms with E-state index in [2.05, 4.69) is 10.3 Å². The van der Waals surface area contributed by atoms with Crippen LogP contribution in [0.1, 0.15) is 63.8 Å². The number of carbonyl (C=O) groups excluding carboxylic acids is 3. The molecule has 2 aromatic heterocycles. The summed E-state index contributed by atoms with van der Waals surface area (Å²) in [5, 5.41) is 3.20. The van der Waals surface area contributed by atoms with E-state index in [9.17, 15) is 14.4 Å². The third kappa shape index (κ3) is 4.06. The van der Waals surface area contributed by atoms with Crippen LogP contribution >= 0.6 is 11.3 Å². The molecule has 3 rings (SSSR count). The molecule has 1 atom stereocenters. The third-order valence-electron chi connectivity index (χ3n) is 4.47. The summed E-state index contributed by atoms with van der Waals surface area (Å²) in [4.78, 5) is 42.6. The third-order valence-corrected chi connectivity index (χ3v) is 5.65. The fourth-order valence-corrected chi connectivity index (χ4v) is 4.59. The Morgan fingerprint density at radius 3 is 2.71 bits per heavy atom. The predicted molar refractivity (Wildman–Crippen MR) is 105 cm³/mol. The summed E-state index contributed by atoms with van der Waals surface area (Å²) < 4.78 is 10.4. The lowest BCUT2D eigenvalue weighted by Gasteiger charge is -2.22. The zero-order valence-electron chi connectivity index (χ0n) is 15.8. The first-order valence-corrected chi connectivity index (χ1v) is 10.1. The number of nitrogens with one attached hydrogen (secondary N) is 1. The van der Waals surface area contributed by atoms with Gasteiger partial charge in [0, 0.05) is 17.3 Å². The SMILES string of the molecule is CCOC(=O)c1c(NC(=O)c2cccnc2)sc2c1C(C(=O)OCC)CCC2. The van der Waals surface area contributed by atoms with E-state index >= 15 is 0 Å². The van der Waals surface area contributed by atoms with Crippen molar-refractivity contribution in [3.63, 3.8) is 0 Å². The topological polar surface area (TPSA) is 94.6 Å². The average Bonchev–Trinajstić information content (AvgIpc) is 3.06. The average molecular weight is 402 g/mol. The van der Waals surface area contributed by atoms with Crippen LogP contribution in [0.4, 0.5) is 5.00 Å². The van der Waals surface area contributed by atoms with Gasteiger partial charge in [0.1, 0.15) is 5.00 Å². The van der Waals surface area contributed by atoms with Crippen LogP contribution in [0.15, 0.2) is 24.5 Å². The number of hydrogen-bond acceptors (Lipinski definition) is 7. The maximum Gasteiger partial charge on any atom is 0.341 e. The van der Waals surface area contributed by atoms with Gasteiger partial charge >= 0.3 is 11.9 Å². The summed E-state index contributed by atoms with van der Waals surface area (Å²) in [6.45, 7) is 3.94. The van der Waals surface area contributed by atoms with Gasteiger partial charge in [-0.1, -0.05) is 0 Å². The van der Waals surface area contributed by atoms with Gasteiger partial charge in [0.15, 0.2) is 0 Å². The molecule has 0 bridgehead atoms. The molecule has 0 fully saturated rings. The van der Waals surface area contributed by atoms with Crippen molar-refractivity contribution in [2.75, 3.05) is 18.5 Å². The van der Waals surface area contributed by atoms with Crippen molar-refractivity contribution in [2.45, 2.75) is 39.0 Å². The van der Waals surface area contributed by atoms with E-state index in [-0.39, 0.29) is 30.7 Å². The molecule has 0 radical (unpaired) electrons. The summed E-state index contributed by atoms with van der Waals surface area (Å²) in [6.07, 6.45) is 5.19. The molecule has 0 aliphatic heterocycles. The highest BCUT2D eigenvalue weighted by Crippen LogP contribution is 2.44. The van der Waals surface area contributed by atoms with E-state index in [1.165, 1.54) is 17.5 Å². The van der Waals surface area contributed by atoms with Crippen LogP contribution in [0.2, 0.25) is 0 Å². The van der Waals surface area contributed by atoms with Crippen LogP contribution in [0.3, 0.4) is 0 Å². The second-order valence-corrected chi connectivity index (χ2v) is 7.36. The summed E-state index contributed by atoms with van der Waals surface area (Å²) >= 11 is 1.32. The molecule has 0 aromatic carbocycles. The minimum atomic E-state index is -0.544. The van der Waals surface area contributed by atoms with E-state index in [0.717, 1.165) is 17.7 Å². The Morgan fingerprint density at radius 1 is 1.25 bits per heavy atom. The number of hydrogen-bond donors (Lipinski definition) is 1. The zero-order chi connectivity index (χ0) is 20.1. The van der Waals surface area contributed by atoms with Crippen LogP contribution in [0.5, 0.6) is 0 Å². The molecular formula is C20H22N2O5S. The fraction of sp³-hybridized carbons (Fsp3) is 0.400. The highest BCUT2D eigenvalue weighted by molar-refractivity contribution is 7.17. The number of amides is 1. The molecule has 1 N–H and O–H groups in total. The molecule has 0 saturated carbocycles. The van der Waals surface area contributed by atoms with Gasteiger partial charge in [0.2, 0.25) is 0 Å². The van der Waals surface area contributed by atoms with Crippen LogP contribution in [-0.4, -0.2) is 36.0 Å². The van der Waals surface area contributed by atoms with Gasteiger partial charge in [-0.2, -0.15) is 0 Å². The predicted octanol–water partition coefficient (Wildman–Crippen LogP) is 3.56. The Hall–Kier alpha value is -2.74. The van der Waals surface area contributed by atoms with Crippen LogP contribution in [-0.2, 0) is 20.7 Å². The van der Waals surface area contributed by atoms with E-state index in [4.69, 9.17) is 9.47 Å². The molecule has 1 amide bonds. The van der Waals surface area contributed by atoms with Crippen molar-refractivity contribution < 1.29 is 23.9 Å². The Balaban J connectivity index is 2.02. The molecule has 148 valence electrons. The Labute approximate surface area is 167 Å². The number of carbonyl (C=O) groups is 3. The summed E-state index contributed by atoms with van der Waals surface area (Å²) in [7, 11) is 0. The zero-order valence-corrected chi connectivity index (χ0v) is 16.6.